The molecule has 0 radical (unpaired) electrons. The smallest absolute Gasteiger partial charge is 0.222 e. The number of hydrogen-bond donors (Lipinski definition) is 2. The van der Waals surface area contributed by atoms with E-state index in [0.29, 0.717) is 18.9 Å². The van der Waals surface area contributed by atoms with Crippen LogP contribution in [-0.2, 0) is 17.9 Å². The lowest BCUT2D eigenvalue weighted by Crippen LogP contribution is -2.40. The Morgan fingerprint density at radius 3 is 2.70 bits per heavy atom. The van der Waals surface area contributed by atoms with Crippen LogP contribution >= 0.6 is 0 Å². The molecule has 0 spiro atoms. The van der Waals surface area contributed by atoms with Crippen LogP contribution in [0, 0.1) is 5.92 Å². The molecule has 1 aromatic heterocycles. The molecule has 1 amide bonds. The number of rotatable bonds is 7. The first-order chi connectivity index (χ1) is 9.28. The molecule has 1 aromatic rings. The molecule has 0 unspecified atom stereocenters. The molecule has 114 valence electrons. The summed E-state index contributed by atoms with van der Waals surface area (Å²) < 4.78 is 2.04. The number of nitrogens with one attached hydrogen (secondary N) is 2. The zero-order valence-electron chi connectivity index (χ0n) is 13.4. The van der Waals surface area contributed by atoms with Gasteiger partial charge in [0.25, 0.3) is 0 Å². The number of aromatic nitrogens is 2. The van der Waals surface area contributed by atoms with Crippen LogP contribution in [0.3, 0.4) is 0 Å². The summed E-state index contributed by atoms with van der Waals surface area (Å²) in [7, 11) is 0. The third kappa shape index (κ3) is 6.70. The molecule has 0 aliphatic carbocycles. The second-order valence-electron chi connectivity index (χ2n) is 6.65. The Balaban J connectivity index is 2.41. The van der Waals surface area contributed by atoms with Crippen LogP contribution in [0.25, 0.3) is 0 Å². The first kappa shape index (κ1) is 16.7. The predicted octanol–water partition coefficient (Wildman–Crippen LogP) is 1.93. The maximum Gasteiger partial charge on any atom is 0.222 e. The number of aryl methyl sites for hydroxylation is 1. The Morgan fingerprint density at radius 2 is 2.10 bits per heavy atom. The lowest BCUT2D eigenvalue weighted by molar-refractivity contribution is -0.122. The fraction of sp³-hybridized carbons (Fsp3) is 0.733. The molecule has 5 nitrogen and oxygen atoms in total. The maximum atomic E-state index is 11.8. The van der Waals surface area contributed by atoms with E-state index < -0.39 is 0 Å². The number of carbonyl (C=O) groups excluding carboxylic acids is 1. The van der Waals surface area contributed by atoms with Crippen LogP contribution in [0.15, 0.2) is 12.5 Å². The molecule has 1 rings (SSSR count). The quantitative estimate of drug-likeness (QED) is 0.802. The normalized spacial score (nSPS) is 11.9. The monoisotopic (exact) mass is 280 g/mol. The van der Waals surface area contributed by atoms with Crippen molar-refractivity contribution in [3.63, 3.8) is 0 Å². The van der Waals surface area contributed by atoms with E-state index in [2.05, 4.69) is 29.5 Å². The van der Waals surface area contributed by atoms with Crippen LogP contribution in [0.5, 0.6) is 0 Å². The van der Waals surface area contributed by atoms with Gasteiger partial charge in [-0.2, -0.15) is 0 Å². The van der Waals surface area contributed by atoms with E-state index in [-0.39, 0.29) is 11.4 Å². The molecular weight excluding hydrogens is 252 g/mol. The largest absolute Gasteiger partial charge is 0.351 e. The van der Waals surface area contributed by atoms with Gasteiger partial charge in [0.1, 0.15) is 0 Å². The predicted molar refractivity (Wildman–Crippen MR) is 81.3 cm³/mol. The zero-order valence-corrected chi connectivity index (χ0v) is 13.4. The first-order valence-electron chi connectivity index (χ1n) is 7.28. The second kappa shape index (κ2) is 7.43. The molecular formula is C15H28N4O. The van der Waals surface area contributed by atoms with Crippen LogP contribution < -0.4 is 10.6 Å². The van der Waals surface area contributed by atoms with Crippen LogP contribution in [0.1, 0.15) is 46.7 Å². The van der Waals surface area contributed by atoms with Gasteiger partial charge in [-0.3, -0.25) is 4.79 Å². The van der Waals surface area contributed by atoms with Crippen LogP contribution in [0.4, 0.5) is 0 Å². The Bertz CT molecular complexity index is 418. The van der Waals surface area contributed by atoms with Gasteiger partial charge in [-0.15, -0.1) is 0 Å². The fourth-order valence-electron chi connectivity index (χ4n) is 1.89. The molecule has 0 saturated carbocycles. The lowest BCUT2D eigenvalue weighted by Gasteiger charge is -2.20. The van der Waals surface area contributed by atoms with Gasteiger partial charge in [0, 0.05) is 31.2 Å². The van der Waals surface area contributed by atoms with Crippen molar-refractivity contribution in [3.8, 4) is 0 Å². The Hall–Kier alpha value is -1.36. The van der Waals surface area contributed by atoms with Gasteiger partial charge in [0.15, 0.2) is 0 Å². The first-order valence-corrected chi connectivity index (χ1v) is 7.28. The molecule has 0 bridgehead atoms. The molecule has 1 heterocycles. The highest BCUT2D eigenvalue weighted by atomic mass is 16.1. The van der Waals surface area contributed by atoms with Gasteiger partial charge in [-0.05, 0) is 33.2 Å². The van der Waals surface area contributed by atoms with Crippen molar-refractivity contribution in [2.24, 2.45) is 5.92 Å². The number of imidazole rings is 1. The average molecular weight is 280 g/mol. The van der Waals surface area contributed by atoms with E-state index >= 15 is 0 Å². The van der Waals surface area contributed by atoms with Crippen molar-refractivity contribution in [1.82, 2.24) is 20.2 Å². The molecule has 20 heavy (non-hydrogen) atoms. The van der Waals surface area contributed by atoms with Crippen molar-refractivity contribution in [3.05, 3.63) is 18.2 Å². The van der Waals surface area contributed by atoms with E-state index in [1.807, 2.05) is 31.5 Å². The van der Waals surface area contributed by atoms with Crippen LogP contribution in [-0.4, -0.2) is 27.5 Å². The van der Waals surface area contributed by atoms with Crippen molar-refractivity contribution in [1.29, 1.82) is 0 Å². The minimum absolute atomic E-state index is 0.0762. The SMILES string of the molecule is CC(C)CNCc1cncn1CCC(=O)NC(C)(C)C. The number of amides is 1. The number of carbonyl (C=O) groups is 1. The summed E-state index contributed by atoms with van der Waals surface area (Å²) in [5, 5.41) is 6.36. The highest BCUT2D eigenvalue weighted by Gasteiger charge is 2.13. The van der Waals surface area contributed by atoms with E-state index in [1.54, 1.807) is 6.33 Å². The minimum atomic E-state index is -0.173. The fourth-order valence-corrected chi connectivity index (χ4v) is 1.89. The van der Waals surface area contributed by atoms with Crippen molar-refractivity contribution < 1.29 is 4.79 Å². The highest BCUT2D eigenvalue weighted by molar-refractivity contribution is 5.76. The van der Waals surface area contributed by atoms with Crippen molar-refractivity contribution in [2.75, 3.05) is 6.54 Å². The molecule has 0 aromatic carbocycles. The summed E-state index contributed by atoms with van der Waals surface area (Å²) in [6, 6.07) is 0. The summed E-state index contributed by atoms with van der Waals surface area (Å²) in [6.07, 6.45) is 4.12. The molecule has 0 atom stereocenters. The summed E-state index contributed by atoms with van der Waals surface area (Å²) in [5.74, 6) is 0.705. The highest BCUT2D eigenvalue weighted by Crippen LogP contribution is 2.03. The molecule has 0 aliphatic heterocycles. The van der Waals surface area contributed by atoms with Gasteiger partial charge >= 0.3 is 0 Å². The van der Waals surface area contributed by atoms with Gasteiger partial charge in [0.05, 0.1) is 12.0 Å². The van der Waals surface area contributed by atoms with E-state index in [1.165, 1.54) is 0 Å². The molecule has 5 heteroatoms. The van der Waals surface area contributed by atoms with Crippen molar-refractivity contribution >= 4 is 5.91 Å². The lowest BCUT2D eigenvalue weighted by atomic mass is 10.1. The zero-order chi connectivity index (χ0) is 15.2. The molecule has 0 aliphatic rings. The van der Waals surface area contributed by atoms with Crippen molar-refractivity contribution in [2.45, 2.75) is 59.7 Å². The summed E-state index contributed by atoms with van der Waals surface area (Å²) in [4.78, 5) is 16.0. The van der Waals surface area contributed by atoms with Gasteiger partial charge in [-0.1, -0.05) is 13.8 Å². The Kier molecular flexibility index (Phi) is 6.20. The van der Waals surface area contributed by atoms with E-state index in [0.717, 1.165) is 18.8 Å². The number of nitrogens with zero attached hydrogens (tertiary/aromatic N) is 2. The van der Waals surface area contributed by atoms with Crippen LogP contribution in [0.2, 0.25) is 0 Å². The average Bonchev–Trinajstić information content (AvgIpc) is 2.71. The Morgan fingerprint density at radius 1 is 1.40 bits per heavy atom. The van der Waals surface area contributed by atoms with Gasteiger partial charge in [-0.25, -0.2) is 4.98 Å². The Labute approximate surface area is 122 Å². The van der Waals surface area contributed by atoms with Gasteiger partial charge in [0.2, 0.25) is 5.91 Å². The van der Waals surface area contributed by atoms with E-state index in [4.69, 9.17) is 0 Å². The summed E-state index contributed by atoms with van der Waals surface area (Å²) in [5.41, 5.74) is 0.947. The molecule has 0 fully saturated rings. The van der Waals surface area contributed by atoms with Gasteiger partial charge < -0.3 is 15.2 Å². The number of hydrogen-bond acceptors (Lipinski definition) is 3. The maximum absolute atomic E-state index is 11.8. The molecule has 0 saturated heterocycles. The minimum Gasteiger partial charge on any atom is -0.351 e. The summed E-state index contributed by atoms with van der Waals surface area (Å²) >= 11 is 0. The summed E-state index contributed by atoms with van der Waals surface area (Å²) in [6.45, 7) is 12.8. The third-order valence-corrected chi connectivity index (χ3v) is 2.75. The molecule has 2 N–H and O–H groups in total. The van der Waals surface area contributed by atoms with E-state index in [9.17, 15) is 4.79 Å². The standard InChI is InChI=1S/C15H28N4O/c1-12(2)8-16-9-13-10-17-11-19(13)7-6-14(20)18-15(3,4)5/h10-12,16H,6-9H2,1-5H3,(H,18,20). The third-order valence-electron chi connectivity index (χ3n) is 2.75. The second-order valence-corrected chi connectivity index (χ2v) is 6.65. The topological polar surface area (TPSA) is 59.0 Å².